The lowest BCUT2D eigenvalue weighted by atomic mass is 10.1. The molecule has 0 unspecified atom stereocenters. The van der Waals surface area contributed by atoms with Gasteiger partial charge in [-0.15, -0.1) is 5.10 Å². The average Bonchev–Trinajstić information content (AvgIpc) is 3.79. The first-order valence-corrected chi connectivity index (χ1v) is 15.0. The lowest BCUT2D eigenvalue weighted by Gasteiger charge is -2.36. The Kier molecular flexibility index (Phi) is 7.07. The van der Waals surface area contributed by atoms with Crippen molar-refractivity contribution in [2.45, 2.75) is 31.7 Å². The first-order chi connectivity index (χ1) is 21.4. The maximum Gasteiger partial charge on any atom is 0.270 e. The van der Waals surface area contributed by atoms with E-state index in [1.165, 1.54) is 0 Å². The number of anilines is 3. The molecular formula is C31H35N11O2. The van der Waals surface area contributed by atoms with Crippen LogP contribution in [0.15, 0.2) is 48.8 Å². The highest BCUT2D eigenvalue weighted by Crippen LogP contribution is 2.35. The zero-order valence-corrected chi connectivity index (χ0v) is 25.1. The highest BCUT2D eigenvalue weighted by molar-refractivity contribution is 5.98. The SMILES string of the molecule is CN(C)C(=O)c1cc2cnc(Nc3ccc(N4CCN(C(=O)c5ccc6nnn(C)c6c5)CC4)cn3)nc2n1C1CCCC1. The molecule has 0 bridgehead atoms. The molecule has 1 N–H and O–H groups in total. The first kappa shape index (κ1) is 27.7. The molecule has 0 radical (unpaired) electrons. The molecule has 1 aliphatic heterocycles. The number of rotatable bonds is 6. The summed E-state index contributed by atoms with van der Waals surface area (Å²) in [6, 6.07) is 11.6. The van der Waals surface area contributed by atoms with Gasteiger partial charge in [0.25, 0.3) is 11.8 Å². The van der Waals surface area contributed by atoms with E-state index in [-0.39, 0.29) is 17.9 Å². The molecule has 13 nitrogen and oxygen atoms in total. The lowest BCUT2D eigenvalue weighted by molar-refractivity contribution is 0.0746. The second-order valence-corrected chi connectivity index (χ2v) is 11.7. The fraction of sp³-hybridized carbons (Fsp3) is 0.387. The number of nitrogens with zero attached hydrogens (tertiary/aromatic N) is 10. The Hall–Kier alpha value is -5.07. The molecule has 1 saturated heterocycles. The summed E-state index contributed by atoms with van der Waals surface area (Å²) in [6.45, 7) is 2.66. The molecular weight excluding hydrogens is 558 g/mol. The van der Waals surface area contributed by atoms with E-state index in [0.717, 1.165) is 53.4 Å². The number of aryl methyl sites for hydroxylation is 1. The molecule has 5 heterocycles. The number of hydrogen-bond donors (Lipinski definition) is 1. The summed E-state index contributed by atoms with van der Waals surface area (Å²) in [5, 5.41) is 12.2. The first-order valence-electron chi connectivity index (χ1n) is 15.0. The summed E-state index contributed by atoms with van der Waals surface area (Å²) in [4.78, 5) is 45.9. The fourth-order valence-electron chi connectivity index (χ4n) is 6.27. The van der Waals surface area contributed by atoms with Gasteiger partial charge in [0.2, 0.25) is 5.95 Å². The van der Waals surface area contributed by atoms with Crippen LogP contribution in [0.2, 0.25) is 0 Å². The minimum Gasteiger partial charge on any atom is -0.367 e. The van der Waals surface area contributed by atoms with Crippen molar-refractivity contribution in [1.29, 1.82) is 0 Å². The smallest absolute Gasteiger partial charge is 0.270 e. The molecule has 2 amide bonds. The zero-order valence-electron chi connectivity index (χ0n) is 25.1. The predicted octanol–water partition coefficient (Wildman–Crippen LogP) is 3.63. The van der Waals surface area contributed by atoms with E-state index >= 15 is 0 Å². The van der Waals surface area contributed by atoms with Crippen LogP contribution in [0.3, 0.4) is 0 Å². The van der Waals surface area contributed by atoms with Crippen LogP contribution < -0.4 is 10.2 Å². The number of nitrogens with one attached hydrogen (secondary N) is 1. The van der Waals surface area contributed by atoms with E-state index < -0.39 is 0 Å². The van der Waals surface area contributed by atoms with Gasteiger partial charge in [-0.3, -0.25) is 9.59 Å². The Balaban J connectivity index is 1.03. The number of amides is 2. The second-order valence-electron chi connectivity index (χ2n) is 11.7. The molecule has 7 rings (SSSR count). The highest BCUT2D eigenvalue weighted by atomic mass is 16.2. The largest absolute Gasteiger partial charge is 0.367 e. The summed E-state index contributed by atoms with van der Waals surface area (Å²) in [5.74, 6) is 1.05. The molecule has 1 aromatic carbocycles. The molecule has 13 heteroatoms. The molecule has 226 valence electrons. The molecule has 2 fully saturated rings. The number of fused-ring (bicyclic) bond motifs is 2. The van der Waals surface area contributed by atoms with Crippen LogP contribution in [0.4, 0.5) is 17.5 Å². The van der Waals surface area contributed by atoms with Crippen LogP contribution in [-0.2, 0) is 7.05 Å². The van der Waals surface area contributed by atoms with E-state index in [1.54, 1.807) is 29.9 Å². The third-order valence-electron chi connectivity index (χ3n) is 8.67. The summed E-state index contributed by atoms with van der Waals surface area (Å²) in [5.41, 5.74) is 4.66. The maximum atomic E-state index is 13.2. The maximum absolute atomic E-state index is 13.2. The van der Waals surface area contributed by atoms with Crippen LogP contribution in [0.5, 0.6) is 0 Å². The van der Waals surface area contributed by atoms with Gasteiger partial charge in [0.05, 0.1) is 17.4 Å². The van der Waals surface area contributed by atoms with E-state index in [9.17, 15) is 9.59 Å². The van der Waals surface area contributed by atoms with Crippen molar-refractivity contribution >= 4 is 51.3 Å². The number of pyridine rings is 1. The summed E-state index contributed by atoms with van der Waals surface area (Å²) >= 11 is 0. The highest BCUT2D eigenvalue weighted by Gasteiger charge is 2.27. The van der Waals surface area contributed by atoms with Gasteiger partial charge >= 0.3 is 0 Å². The van der Waals surface area contributed by atoms with Crippen molar-refractivity contribution < 1.29 is 9.59 Å². The van der Waals surface area contributed by atoms with Gasteiger partial charge in [-0.1, -0.05) is 18.1 Å². The van der Waals surface area contributed by atoms with Gasteiger partial charge in [0.1, 0.15) is 22.7 Å². The van der Waals surface area contributed by atoms with Crippen LogP contribution in [0.25, 0.3) is 22.1 Å². The van der Waals surface area contributed by atoms with Crippen molar-refractivity contribution in [3.63, 3.8) is 0 Å². The van der Waals surface area contributed by atoms with Crippen molar-refractivity contribution in [3.8, 4) is 0 Å². The van der Waals surface area contributed by atoms with Gasteiger partial charge < -0.3 is 24.6 Å². The number of aromatic nitrogens is 7. The minimum absolute atomic E-state index is 0.0136. The van der Waals surface area contributed by atoms with E-state index in [0.29, 0.717) is 49.2 Å². The Labute approximate surface area is 254 Å². The summed E-state index contributed by atoms with van der Waals surface area (Å²) in [6.07, 6.45) is 7.97. The van der Waals surface area contributed by atoms with Crippen LogP contribution in [0, 0.1) is 0 Å². The van der Waals surface area contributed by atoms with Crippen molar-refractivity contribution in [3.05, 3.63) is 60.0 Å². The molecule has 1 aliphatic carbocycles. The van der Waals surface area contributed by atoms with Crippen LogP contribution in [-0.4, -0.2) is 96.4 Å². The molecule has 2 aliphatic rings. The molecule has 5 aromatic rings. The van der Waals surface area contributed by atoms with E-state index in [4.69, 9.17) is 4.98 Å². The molecule has 0 atom stereocenters. The Morgan fingerprint density at radius 3 is 2.48 bits per heavy atom. The monoisotopic (exact) mass is 593 g/mol. The van der Waals surface area contributed by atoms with E-state index in [1.807, 2.05) is 54.5 Å². The standard InChI is InChI=1S/C31H35N11O2/c1-38(2)30(44)26-17-21-18-33-31(35-28(21)42(26)22-6-4-5-7-22)34-27-11-9-23(19-32-27)40-12-14-41(15-13-40)29(43)20-8-10-24-25(16-20)39(3)37-36-24/h8-11,16-19,22H,4-7,12-15H2,1-3H3,(H,32,33,34,35). The zero-order chi connectivity index (χ0) is 30.4. The molecule has 44 heavy (non-hydrogen) atoms. The third kappa shape index (κ3) is 5.07. The van der Waals surface area contributed by atoms with Gasteiger partial charge in [-0.2, -0.15) is 4.98 Å². The van der Waals surface area contributed by atoms with Crippen molar-refractivity contribution in [1.82, 2.24) is 44.3 Å². The van der Waals surface area contributed by atoms with Crippen molar-refractivity contribution in [2.75, 3.05) is 50.5 Å². The quantitative estimate of drug-likeness (QED) is 0.314. The van der Waals surface area contributed by atoms with Gasteiger partial charge in [-0.05, 0) is 49.2 Å². The van der Waals surface area contributed by atoms with Gasteiger partial charge in [-0.25, -0.2) is 14.6 Å². The van der Waals surface area contributed by atoms with Gasteiger partial charge in [0, 0.05) is 70.5 Å². The molecule has 0 spiro atoms. The topological polar surface area (TPSA) is 130 Å². The lowest BCUT2D eigenvalue weighted by Crippen LogP contribution is -2.48. The normalized spacial score (nSPS) is 15.8. The second kappa shape index (κ2) is 11.2. The Bertz CT molecular complexity index is 1850. The van der Waals surface area contributed by atoms with Gasteiger partial charge in [0.15, 0.2) is 0 Å². The number of carbonyl (C=O) groups is 2. The Morgan fingerprint density at radius 1 is 0.955 bits per heavy atom. The van der Waals surface area contributed by atoms with E-state index in [2.05, 4.69) is 35.1 Å². The Morgan fingerprint density at radius 2 is 1.75 bits per heavy atom. The van der Waals surface area contributed by atoms with Crippen LogP contribution >= 0.6 is 0 Å². The number of hydrogen-bond acceptors (Lipinski definition) is 9. The molecule has 1 saturated carbocycles. The predicted molar refractivity (Wildman–Crippen MR) is 167 cm³/mol. The van der Waals surface area contributed by atoms with Crippen molar-refractivity contribution in [2.24, 2.45) is 7.05 Å². The average molecular weight is 594 g/mol. The number of benzene rings is 1. The minimum atomic E-state index is -0.0319. The summed E-state index contributed by atoms with van der Waals surface area (Å²) in [7, 11) is 5.37. The fourth-order valence-corrected chi connectivity index (χ4v) is 6.27. The number of piperazine rings is 1. The number of carbonyl (C=O) groups excluding carboxylic acids is 2. The summed E-state index contributed by atoms with van der Waals surface area (Å²) < 4.78 is 3.78. The van der Waals surface area contributed by atoms with Crippen LogP contribution in [0.1, 0.15) is 52.6 Å². The molecule has 4 aromatic heterocycles. The third-order valence-corrected chi connectivity index (χ3v) is 8.67.